The second-order valence-corrected chi connectivity index (χ2v) is 3.72. The van der Waals surface area contributed by atoms with Crippen LogP contribution in [0.25, 0.3) is 0 Å². The molecule has 5 heteroatoms. The third kappa shape index (κ3) is 3.42. The highest BCUT2D eigenvalue weighted by Gasteiger charge is 2.16. The first-order valence-corrected chi connectivity index (χ1v) is 5.36. The standard InChI is InChI=1S/C12H17FN2O2/c1-15-12(16)9(7-14)5-8-3-4-11(17-2)10(13)6-8/h3-4,6,9H,5,7,14H2,1-2H3,(H,15,16)/t9-/m0/s1. The number of methoxy groups -OCH3 is 1. The number of hydrogen-bond donors (Lipinski definition) is 2. The molecule has 17 heavy (non-hydrogen) atoms. The molecule has 0 saturated heterocycles. The number of nitrogens with two attached hydrogens (primary N) is 1. The van der Waals surface area contributed by atoms with Crippen molar-refractivity contribution in [2.75, 3.05) is 20.7 Å². The summed E-state index contributed by atoms with van der Waals surface area (Å²) in [5.74, 6) is -0.716. The van der Waals surface area contributed by atoms with E-state index in [-0.39, 0.29) is 24.1 Å². The number of ether oxygens (including phenoxy) is 1. The summed E-state index contributed by atoms with van der Waals surface area (Å²) in [7, 11) is 2.96. The molecule has 3 N–H and O–H groups in total. The first-order valence-electron chi connectivity index (χ1n) is 5.36. The van der Waals surface area contributed by atoms with E-state index in [1.54, 1.807) is 19.2 Å². The lowest BCUT2D eigenvalue weighted by Gasteiger charge is -2.13. The van der Waals surface area contributed by atoms with Gasteiger partial charge in [0.05, 0.1) is 13.0 Å². The maximum Gasteiger partial charge on any atom is 0.224 e. The van der Waals surface area contributed by atoms with Gasteiger partial charge in [0.15, 0.2) is 11.6 Å². The van der Waals surface area contributed by atoms with Crippen LogP contribution in [-0.2, 0) is 11.2 Å². The number of nitrogens with one attached hydrogen (secondary N) is 1. The summed E-state index contributed by atoms with van der Waals surface area (Å²) in [6.45, 7) is 0.229. The van der Waals surface area contributed by atoms with Gasteiger partial charge in [-0.1, -0.05) is 6.07 Å². The molecule has 0 aliphatic heterocycles. The van der Waals surface area contributed by atoms with Gasteiger partial charge in [0, 0.05) is 13.6 Å². The van der Waals surface area contributed by atoms with Crippen LogP contribution >= 0.6 is 0 Å². The highest BCUT2D eigenvalue weighted by molar-refractivity contribution is 5.78. The van der Waals surface area contributed by atoms with Crippen molar-refractivity contribution in [1.82, 2.24) is 5.32 Å². The first kappa shape index (κ1) is 13.4. The first-order chi connectivity index (χ1) is 8.12. The molecular weight excluding hydrogens is 223 g/mol. The topological polar surface area (TPSA) is 64.4 Å². The van der Waals surface area contributed by atoms with Crippen molar-refractivity contribution in [2.45, 2.75) is 6.42 Å². The minimum absolute atomic E-state index is 0.135. The molecule has 0 saturated carbocycles. The van der Waals surface area contributed by atoms with Crippen molar-refractivity contribution in [1.29, 1.82) is 0 Å². The number of hydrogen-bond acceptors (Lipinski definition) is 3. The van der Waals surface area contributed by atoms with Gasteiger partial charge in [-0.15, -0.1) is 0 Å². The smallest absolute Gasteiger partial charge is 0.224 e. The van der Waals surface area contributed by atoms with Crippen molar-refractivity contribution in [2.24, 2.45) is 11.7 Å². The van der Waals surface area contributed by atoms with E-state index in [9.17, 15) is 9.18 Å². The lowest BCUT2D eigenvalue weighted by molar-refractivity contribution is -0.124. The summed E-state index contributed by atoms with van der Waals surface area (Å²) in [5.41, 5.74) is 6.24. The molecule has 0 radical (unpaired) electrons. The van der Waals surface area contributed by atoms with E-state index in [2.05, 4.69) is 5.32 Å². The Kier molecular flexibility index (Phi) is 4.90. The van der Waals surface area contributed by atoms with Gasteiger partial charge >= 0.3 is 0 Å². The van der Waals surface area contributed by atoms with Gasteiger partial charge in [0.1, 0.15) is 0 Å². The third-order valence-corrected chi connectivity index (χ3v) is 2.60. The van der Waals surface area contributed by atoms with Crippen molar-refractivity contribution >= 4 is 5.91 Å². The molecule has 1 rings (SSSR count). The van der Waals surface area contributed by atoms with Gasteiger partial charge in [0.2, 0.25) is 5.91 Å². The lowest BCUT2D eigenvalue weighted by Crippen LogP contribution is -2.34. The van der Waals surface area contributed by atoms with Crippen LogP contribution in [0, 0.1) is 11.7 Å². The minimum Gasteiger partial charge on any atom is -0.494 e. The van der Waals surface area contributed by atoms with Crippen LogP contribution in [0.5, 0.6) is 5.75 Å². The molecular formula is C12H17FN2O2. The van der Waals surface area contributed by atoms with Gasteiger partial charge in [-0.05, 0) is 24.1 Å². The summed E-state index contributed by atoms with van der Waals surface area (Å²) in [6, 6.07) is 4.64. The van der Waals surface area contributed by atoms with E-state index >= 15 is 0 Å². The highest BCUT2D eigenvalue weighted by atomic mass is 19.1. The molecule has 0 aliphatic carbocycles. The van der Waals surface area contributed by atoms with Crippen LogP contribution in [0.1, 0.15) is 5.56 Å². The molecule has 1 aromatic carbocycles. The molecule has 94 valence electrons. The number of halogens is 1. The van der Waals surface area contributed by atoms with Crippen LogP contribution in [0.3, 0.4) is 0 Å². The zero-order valence-electron chi connectivity index (χ0n) is 10.00. The zero-order chi connectivity index (χ0) is 12.8. The van der Waals surface area contributed by atoms with Gasteiger partial charge in [0.25, 0.3) is 0 Å². The molecule has 0 aliphatic rings. The van der Waals surface area contributed by atoms with Gasteiger partial charge in [-0.2, -0.15) is 0 Å². The van der Waals surface area contributed by atoms with E-state index in [4.69, 9.17) is 10.5 Å². The van der Waals surface area contributed by atoms with Crippen LogP contribution in [0.4, 0.5) is 4.39 Å². The molecule has 1 amide bonds. The number of benzene rings is 1. The van der Waals surface area contributed by atoms with E-state index in [0.717, 1.165) is 5.56 Å². The van der Waals surface area contributed by atoms with Gasteiger partial charge in [-0.25, -0.2) is 4.39 Å². The summed E-state index contributed by atoms with van der Waals surface area (Å²) in [5, 5.41) is 2.54. The number of carbonyl (C=O) groups excluding carboxylic acids is 1. The molecule has 0 fully saturated rings. The van der Waals surface area contributed by atoms with Crippen LogP contribution in [0.15, 0.2) is 18.2 Å². The largest absolute Gasteiger partial charge is 0.494 e. The number of amides is 1. The van der Waals surface area contributed by atoms with Crippen molar-refractivity contribution in [3.63, 3.8) is 0 Å². The van der Waals surface area contributed by atoms with E-state index in [0.29, 0.717) is 6.42 Å². The molecule has 0 aromatic heterocycles. The Labute approximate surface area is 100.0 Å². The summed E-state index contributed by atoms with van der Waals surface area (Å²) >= 11 is 0. The maximum absolute atomic E-state index is 13.4. The van der Waals surface area contributed by atoms with Crippen molar-refractivity contribution < 1.29 is 13.9 Å². The molecule has 0 heterocycles. The highest BCUT2D eigenvalue weighted by Crippen LogP contribution is 2.19. The predicted molar refractivity (Wildman–Crippen MR) is 63.3 cm³/mol. The Bertz CT molecular complexity index is 396. The third-order valence-electron chi connectivity index (χ3n) is 2.60. The molecule has 0 unspecified atom stereocenters. The fourth-order valence-corrected chi connectivity index (χ4v) is 1.61. The maximum atomic E-state index is 13.4. The van der Waals surface area contributed by atoms with Gasteiger partial charge < -0.3 is 15.8 Å². The second kappa shape index (κ2) is 6.20. The number of carbonyl (C=O) groups is 1. The molecule has 0 spiro atoms. The lowest BCUT2D eigenvalue weighted by atomic mass is 9.98. The van der Waals surface area contributed by atoms with Crippen molar-refractivity contribution in [3.05, 3.63) is 29.6 Å². The average Bonchev–Trinajstić information content (AvgIpc) is 2.35. The molecule has 0 bridgehead atoms. The minimum atomic E-state index is -0.433. The van der Waals surface area contributed by atoms with Crippen LogP contribution in [-0.4, -0.2) is 26.6 Å². The second-order valence-electron chi connectivity index (χ2n) is 3.72. The van der Waals surface area contributed by atoms with Crippen LogP contribution in [0.2, 0.25) is 0 Å². The average molecular weight is 240 g/mol. The van der Waals surface area contributed by atoms with Crippen LogP contribution < -0.4 is 15.8 Å². The van der Waals surface area contributed by atoms with Crippen molar-refractivity contribution in [3.8, 4) is 5.75 Å². The normalized spacial score (nSPS) is 12.0. The Morgan fingerprint density at radius 3 is 2.76 bits per heavy atom. The Morgan fingerprint density at radius 1 is 1.59 bits per heavy atom. The fourth-order valence-electron chi connectivity index (χ4n) is 1.61. The Hall–Kier alpha value is -1.62. The zero-order valence-corrected chi connectivity index (χ0v) is 10.00. The SMILES string of the molecule is CNC(=O)[C@H](CN)Cc1ccc(OC)c(F)c1. The summed E-state index contributed by atoms with van der Waals surface area (Å²) in [6.07, 6.45) is 0.414. The van der Waals surface area contributed by atoms with E-state index in [1.165, 1.54) is 13.2 Å². The summed E-state index contributed by atoms with van der Waals surface area (Å²) in [4.78, 5) is 11.4. The Morgan fingerprint density at radius 2 is 2.29 bits per heavy atom. The summed E-state index contributed by atoms with van der Waals surface area (Å²) < 4.78 is 18.3. The quantitative estimate of drug-likeness (QED) is 0.796. The fraction of sp³-hybridized carbons (Fsp3) is 0.417. The van der Waals surface area contributed by atoms with Gasteiger partial charge in [-0.3, -0.25) is 4.79 Å². The predicted octanol–water partition coefficient (Wildman–Crippen LogP) is 0.698. The van der Waals surface area contributed by atoms with E-state index < -0.39 is 5.82 Å². The monoisotopic (exact) mass is 240 g/mol. The molecule has 1 aromatic rings. The number of rotatable bonds is 5. The Balaban J connectivity index is 2.80. The molecule has 1 atom stereocenters. The van der Waals surface area contributed by atoms with E-state index in [1.807, 2.05) is 0 Å². The molecule has 4 nitrogen and oxygen atoms in total.